The smallest absolute Gasteiger partial charge is 0.430 e. The first-order chi connectivity index (χ1) is 14.4. The van der Waals surface area contributed by atoms with Crippen molar-refractivity contribution in [3.05, 3.63) is 29.3 Å². The van der Waals surface area contributed by atoms with E-state index in [2.05, 4.69) is 25.2 Å². The summed E-state index contributed by atoms with van der Waals surface area (Å²) in [6.45, 7) is 5.59. The lowest BCUT2D eigenvalue weighted by Crippen LogP contribution is -2.53. The Hall–Kier alpha value is -3.18. The van der Waals surface area contributed by atoms with Gasteiger partial charge in [0.2, 0.25) is 5.95 Å². The third-order valence-corrected chi connectivity index (χ3v) is 5.66. The molecule has 1 amide bonds. The van der Waals surface area contributed by atoms with E-state index in [1.165, 1.54) is 11.3 Å². The SMILES string of the molecule is COc1ccc(NC(=O)ON2CCN(c3nc(N)nc4scnc34)[C@H](C)C2)c(C)c1. The van der Waals surface area contributed by atoms with E-state index in [4.69, 9.17) is 15.3 Å². The fourth-order valence-electron chi connectivity index (χ4n) is 3.44. The van der Waals surface area contributed by atoms with E-state index in [0.29, 0.717) is 31.1 Å². The number of anilines is 3. The zero-order valence-corrected chi connectivity index (χ0v) is 17.8. The predicted molar refractivity (Wildman–Crippen MR) is 116 cm³/mol. The van der Waals surface area contributed by atoms with E-state index in [-0.39, 0.29) is 12.0 Å². The molecule has 1 aromatic carbocycles. The van der Waals surface area contributed by atoms with Crippen molar-refractivity contribution in [2.45, 2.75) is 19.9 Å². The maximum absolute atomic E-state index is 12.4. The van der Waals surface area contributed by atoms with Gasteiger partial charge in [-0.3, -0.25) is 5.32 Å². The van der Waals surface area contributed by atoms with Crippen molar-refractivity contribution in [1.82, 2.24) is 20.0 Å². The summed E-state index contributed by atoms with van der Waals surface area (Å²) in [6.07, 6.45) is -0.530. The molecule has 10 nitrogen and oxygen atoms in total. The zero-order valence-electron chi connectivity index (χ0n) is 17.0. The highest BCUT2D eigenvalue weighted by Gasteiger charge is 2.29. The lowest BCUT2D eigenvalue weighted by molar-refractivity contribution is -0.103. The Balaban J connectivity index is 1.39. The van der Waals surface area contributed by atoms with Gasteiger partial charge in [0.05, 0.1) is 25.7 Å². The van der Waals surface area contributed by atoms with Crippen molar-refractivity contribution >= 4 is 45.2 Å². The number of nitrogen functional groups attached to an aromatic ring is 1. The molecule has 3 heterocycles. The van der Waals surface area contributed by atoms with Crippen LogP contribution in [0.3, 0.4) is 0 Å². The number of hydroxylamine groups is 2. The van der Waals surface area contributed by atoms with Crippen LogP contribution >= 0.6 is 11.3 Å². The molecule has 1 aliphatic heterocycles. The van der Waals surface area contributed by atoms with Crippen LogP contribution in [0.15, 0.2) is 23.7 Å². The Morgan fingerprint density at radius 1 is 1.33 bits per heavy atom. The van der Waals surface area contributed by atoms with Crippen molar-refractivity contribution < 1.29 is 14.4 Å². The number of carbonyl (C=O) groups excluding carboxylic acids is 1. The summed E-state index contributed by atoms with van der Waals surface area (Å²) in [4.78, 5) is 33.8. The molecule has 0 bridgehead atoms. The normalized spacial score (nSPS) is 17.2. The quantitative estimate of drug-likeness (QED) is 0.645. The molecule has 2 aromatic heterocycles. The minimum atomic E-state index is -0.530. The van der Waals surface area contributed by atoms with Crippen LogP contribution in [0.25, 0.3) is 10.3 Å². The summed E-state index contributed by atoms with van der Waals surface area (Å²) in [5.41, 5.74) is 9.90. The fourth-order valence-corrected chi connectivity index (χ4v) is 4.10. The molecule has 0 radical (unpaired) electrons. The lowest BCUT2D eigenvalue weighted by atomic mass is 10.2. The summed E-state index contributed by atoms with van der Waals surface area (Å²) < 4.78 is 5.19. The summed E-state index contributed by atoms with van der Waals surface area (Å²) in [6, 6.07) is 5.46. The third-order valence-electron chi connectivity index (χ3n) is 4.94. The predicted octanol–water partition coefficient (Wildman–Crippen LogP) is 2.66. The summed E-state index contributed by atoms with van der Waals surface area (Å²) in [7, 11) is 1.60. The number of nitrogens with one attached hydrogen (secondary N) is 1. The highest BCUT2D eigenvalue weighted by Crippen LogP contribution is 2.29. The van der Waals surface area contributed by atoms with Crippen molar-refractivity contribution in [2.24, 2.45) is 0 Å². The van der Waals surface area contributed by atoms with Crippen LogP contribution < -0.4 is 20.7 Å². The summed E-state index contributed by atoms with van der Waals surface area (Å²) >= 11 is 1.43. The number of piperazine rings is 1. The Kier molecular flexibility index (Phi) is 5.55. The molecule has 0 aliphatic carbocycles. The van der Waals surface area contributed by atoms with Crippen LogP contribution in [-0.4, -0.2) is 58.9 Å². The highest BCUT2D eigenvalue weighted by atomic mass is 32.1. The number of benzene rings is 1. The minimum Gasteiger partial charge on any atom is -0.497 e. The maximum atomic E-state index is 12.4. The maximum Gasteiger partial charge on any atom is 0.430 e. The molecule has 1 fully saturated rings. The van der Waals surface area contributed by atoms with Gasteiger partial charge in [0.15, 0.2) is 10.6 Å². The molecule has 0 unspecified atom stereocenters. The highest BCUT2D eigenvalue weighted by molar-refractivity contribution is 7.16. The molecule has 3 N–H and O–H groups in total. The number of hydrogen-bond acceptors (Lipinski definition) is 10. The molecule has 4 rings (SSSR count). The number of aryl methyl sites for hydroxylation is 1. The van der Waals surface area contributed by atoms with Crippen LogP contribution in [0.5, 0.6) is 5.75 Å². The summed E-state index contributed by atoms with van der Waals surface area (Å²) in [5.74, 6) is 1.67. The Bertz CT molecular complexity index is 1070. The number of thiazole rings is 1. The van der Waals surface area contributed by atoms with Gasteiger partial charge in [0.25, 0.3) is 0 Å². The van der Waals surface area contributed by atoms with Crippen LogP contribution in [-0.2, 0) is 4.84 Å². The molecule has 30 heavy (non-hydrogen) atoms. The number of hydrogen-bond donors (Lipinski definition) is 2. The van der Waals surface area contributed by atoms with E-state index in [1.807, 2.05) is 19.9 Å². The Morgan fingerprint density at radius 3 is 2.90 bits per heavy atom. The molecule has 0 spiro atoms. The largest absolute Gasteiger partial charge is 0.497 e. The van der Waals surface area contributed by atoms with Gasteiger partial charge in [0.1, 0.15) is 11.3 Å². The first kappa shape index (κ1) is 20.1. The number of carbonyl (C=O) groups is 1. The molecule has 158 valence electrons. The van der Waals surface area contributed by atoms with Crippen molar-refractivity contribution in [3.63, 3.8) is 0 Å². The van der Waals surface area contributed by atoms with Crippen LogP contribution in [0.4, 0.5) is 22.2 Å². The van der Waals surface area contributed by atoms with E-state index in [1.54, 1.807) is 29.8 Å². The number of nitrogens with two attached hydrogens (primary N) is 1. The van der Waals surface area contributed by atoms with E-state index >= 15 is 0 Å². The first-order valence-corrected chi connectivity index (χ1v) is 10.3. The Labute approximate surface area is 177 Å². The molecule has 11 heteroatoms. The second-order valence-corrected chi connectivity index (χ2v) is 7.86. The second kappa shape index (κ2) is 8.28. The fraction of sp³-hybridized carbons (Fsp3) is 0.368. The van der Waals surface area contributed by atoms with E-state index in [9.17, 15) is 4.79 Å². The lowest BCUT2D eigenvalue weighted by Gasteiger charge is -2.39. The van der Waals surface area contributed by atoms with Gasteiger partial charge in [-0.25, -0.2) is 14.8 Å². The monoisotopic (exact) mass is 429 g/mol. The van der Waals surface area contributed by atoms with Crippen LogP contribution in [0.2, 0.25) is 0 Å². The standard InChI is InChI=1S/C19H23N7O3S/c1-11-8-13(28-3)4-5-14(11)22-19(27)29-25-6-7-26(12(2)9-25)16-15-17(30-10-21-15)24-18(20)23-16/h4-5,8,10,12H,6-7,9H2,1-3H3,(H,22,27)(H2,20,23,24)/t12-/m1/s1. The molecule has 0 saturated carbocycles. The van der Waals surface area contributed by atoms with E-state index in [0.717, 1.165) is 21.7 Å². The average Bonchev–Trinajstić information content (AvgIpc) is 3.17. The first-order valence-electron chi connectivity index (χ1n) is 9.46. The number of amides is 1. The number of ether oxygens (including phenoxy) is 1. The van der Waals surface area contributed by atoms with Gasteiger partial charge >= 0.3 is 6.09 Å². The van der Waals surface area contributed by atoms with Gasteiger partial charge in [-0.1, -0.05) is 0 Å². The van der Waals surface area contributed by atoms with Crippen molar-refractivity contribution in [1.29, 1.82) is 0 Å². The Morgan fingerprint density at radius 2 is 2.17 bits per heavy atom. The minimum absolute atomic E-state index is 0.0356. The van der Waals surface area contributed by atoms with Crippen molar-refractivity contribution in [3.8, 4) is 5.75 Å². The van der Waals surface area contributed by atoms with Gasteiger partial charge in [-0.2, -0.15) is 4.98 Å². The summed E-state index contributed by atoms with van der Waals surface area (Å²) in [5, 5.41) is 4.43. The molecule has 3 aromatic rings. The number of rotatable bonds is 4. The topological polar surface area (TPSA) is 119 Å². The third kappa shape index (κ3) is 4.07. The second-order valence-electron chi connectivity index (χ2n) is 7.03. The number of methoxy groups -OCH3 is 1. The van der Waals surface area contributed by atoms with Gasteiger partial charge in [0, 0.05) is 18.3 Å². The van der Waals surface area contributed by atoms with Crippen LogP contribution in [0, 0.1) is 6.92 Å². The van der Waals surface area contributed by atoms with Gasteiger partial charge < -0.3 is 20.2 Å². The molecule has 1 aliphatic rings. The molecular weight excluding hydrogens is 406 g/mol. The molecular formula is C19H23N7O3S. The zero-order chi connectivity index (χ0) is 21.3. The average molecular weight is 430 g/mol. The van der Waals surface area contributed by atoms with Crippen LogP contribution in [0.1, 0.15) is 12.5 Å². The number of fused-ring (bicyclic) bond motifs is 1. The molecule has 1 atom stereocenters. The van der Waals surface area contributed by atoms with E-state index < -0.39 is 6.09 Å². The van der Waals surface area contributed by atoms with Gasteiger partial charge in [-0.05, 0) is 37.6 Å². The van der Waals surface area contributed by atoms with Crippen molar-refractivity contribution in [2.75, 3.05) is 42.7 Å². The van der Waals surface area contributed by atoms with Gasteiger partial charge in [-0.15, -0.1) is 16.4 Å². The number of nitrogens with zero attached hydrogens (tertiary/aromatic N) is 5. The molecule has 1 saturated heterocycles. The number of aromatic nitrogens is 3.